The molecule has 0 fully saturated rings. The third-order valence-corrected chi connectivity index (χ3v) is 5.88. The number of aliphatic hydroxyl groups is 1. The molecule has 4 N–H and O–H groups in total. The van der Waals surface area contributed by atoms with Gasteiger partial charge in [-0.1, -0.05) is 29.9 Å². The number of carbonyl (C=O) groups excluding carboxylic acids is 1. The molecule has 2 aromatic rings. The third-order valence-electron chi connectivity index (χ3n) is 5.88. The van der Waals surface area contributed by atoms with Gasteiger partial charge in [0.15, 0.2) is 17.3 Å². The molecule has 3 rings (SSSR count). The van der Waals surface area contributed by atoms with Gasteiger partial charge in [-0.25, -0.2) is 0 Å². The van der Waals surface area contributed by atoms with E-state index in [-0.39, 0.29) is 58.5 Å². The highest BCUT2D eigenvalue weighted by Crippen LogP contribution is 2.45. The minimum absolute atomic E-state index is 0.00757. The summed E-state index contributed by atoms with van der Waals surface area (Å²) in [5.74, 6) is -0.434. The van der Waals surface area contributed by atoms with Crippen molar-refractivity contribution in [3.8, 4) is 28.7 Å². The monoisotopic (exact) mass is 454 g/mol. The lowest BCUT2D eigenvalue weighted by Gasteiger charge is -2.27. The molecule has 0 bridgehead atoms. The number of aromatic hydroxyl groups is 3. The molecule has 0 aliphatic carbocycles. The second-order valence-electron chi connectivity index (χ2n) is 8.42. The van der Waals surface area contributed by atoms with E-state index in [0.29, 0.717) is 24.0 Å². The van der Waals surface area contributed by atoms with Crippen LogP contribution in [-0.2, 0) is 6.42 Å². The summed E-state index contributed by atoms with van der Waals surface area (Å²) in [5, 5.41) is 41.0. The van der Waals surface area contributed by atoms with E-state index in [1.54, 1.807) is 19.1 Å². The number of methoxy groups -OCH3 is 1. The molecule has 0 saturated carbocycles. The van der Waals surface area contributed by atoms with Crippen LogP contribution in [-0.4, -0.2) is 39.4 Å². The molecule has 2 atom stereocenters. The van der Waals surface area contributed by atoms with Crippen LogP contribution in [0, 0.1) is 0 Å². The highest BCUT2D eigenvalue weighted by Gasteiger charge is 2.33. The number of phenols is 3. The maximum atomic E-state index is 12.9. The summed E-state index contributed by atoms with van der Waals surface area (Å²) in [5.41, 5.74) is 2.61. The van der Waals surface area contributed by atoms with Crippen molar-refractivity contribution in [2.75, 3.05) is 7.11 Å². The summed E-state index contributed by atoms with van der Waals surface area (Å²) in [6.07, 6.45) is 2.03. The maximum absolute atomic E-state index is 12.9. The fraction of sp³-hybridized carbons (Fsp3) is 0.346. The zero-order chi connectivity index (χ0) is 24.3. The van der Waals surface area contributed by atoms with E-state index in [1.165, 1.54) is 19.2 Å². The molecule has 7 nitrogen and oxygen atoms in total. The van der Waals surface area contributed by atoms with Gasteiger partial charge in [-0.05, 0) is 50.8 Å². The largest absolute Gasteiger partial charge is 0.507 e. The first-order valence-electron chi connectivity index (χ1n) is 10.8. The van der Waals surface area contributed by atoms with Crippen molar-refractivity contribution in [3.05, 3.63) is 64.8 Å². The normalized spacial score (nSPS) is 16.7. The molecule has 1 aliphatic heterocycles. The Kier molecular flexibility index (Phi) is 7.33. The van der Waals surface area contributed by atoms with Gasteiger partial charge in [0.2, 0.25) is 0 Å². The van der Waals surface area contributed by atoms with Crippen LogP contribution in [0.5, 0.6) is 28.7 Å². The minimum atomic E-state index is -0.647. The van der Waals surface area contributed by atoms with Gasteiger partial charge in [0.25, 0.3) is 0 Å². The van der Waals surface area contributed by atoms with E-state index in [2.05, 4.69) is 6.58 Å². The Labute approximate surface area is 193 Å². The second kappa shape index (κ2) is 10.0. The molecular weight excluding hydrogens is 424 g/mol. The Bertz CT molecular complexity index is 1100. The van der Waals surface area contributed by atoms with Crippen molar-refractivity contribution in [2.45, 2.75) is 51.7 Å². The quantitative estimate of drug-likeness (QED) is 0.426. The van der Waals surface area contributed by atoms with Crippen LogP contribution < -0.4 is 9.47 Å². The second-order valence-corrected chi connectivity index (χ2v) is 8.42. The van der Waals surface area contributed by atoms with E-state index in [9.17, 15) is 25.2 Å². The Hall–Kier alpha value is -3.45. The number of ketones is 1. The van der Waals surface area contributed by atoms with Crippen LogP contribution in [0.1, 0.15) is 60.7 Å². The van der Waals surface area contributed by atoms with Crippen molar-refractivity contribution in [2.24, 2.45) is 0 Å². The zero-order valence-electron chi connectivity index (χ0n) is 19.1. The van der Waals surface area contributed by atoms with E-state index in [4.69, 9.17) is 9.47 Å². The SMILES string of the molecule is C=C(C)[C@@H](O)CC/C(C)=C/Cc1c(O)cc2c(c1O)C(=O)C[C@@H](c1ccc(O)c(OC)c1)O2. The van der Waals surface area contributed by atoms with Crippen LogP contribution in [0.4, 0.5) is 0 Å². The van der Waals surface area contributed by atoms with Crippen molar-refractivity contribution >= 4 is 5.78 Å². The minimum Gasteiger partial charge on any atom is -0.507 e. The summed E-state index contributed by atoms with van der Waals surface area (Å²) < 4.78 is 11.0. The Morgan fingerprint density at radius 2 is 1.97 bits per heavy atom. The predicted molar refractivity (Wildman–Crippen MR) is 124 cm³/mol. The Morgan fingerprint density at radius 1 is 1.24 bits per heavy atom. The van der Waals surface area contributed by atoms with Crippen molar-refractivity contribution in [3.63, 3.8) is 0 Å². The number of phenolic OH excluding ortho intramolecular Hbond substituents is 3. The van der Waals surface area contributed by atoms with Gasteiger partial charge in [-0.3, -0.25) is 4.79 Å². The number of carbonyl (C=O) groups is 1. The number of rotatable bonds is 8. The summed E-state index contributed by atoms with van der Waals surface area (Å²) >= 11 is 0. The fourth-order valence-corrected chi connectivity index (χ4v) is 3.77. The van der Waals surface area contributed by atoms with E-state index in [0.717, 1.165) is 5.57 Å². The smallest absolute Gasteiger partial charge is 0.174 e. The van der Waals surface area contributed by atoms with E-state index >= 15 is 0 Å². The standard InChI is InChI=1S/C26H30O7/c1-14(2)18(27)9-6-15(3)5-8-17-20(29)12-24-25(26(17)31)21(30)13-22(33-24)16-7-10-19(28)23(11-16)32-4/h5,7,10-12,18,22,27-29,31H,1,6,8-9,13H2,2-4H3/b15-5+/t18-,22-/m0/s1. The topological polar surface area (TPSA) is 116 Å². The summed E-state index contributed by atoms with van der Waals surface area (Å²) in [6.45, 7) is 7.42. The molecule has 7 heteroatoms. The molecule has 0 saturated heterocycles. The first-order valence-corrected chi connectivity index (χ1v) is 10.8. The van der Waals surface area contributed by atoms with Crippen molar-refractivity contribution < 1.29 is 34.7 Å². The van der Waals surface area contributed by atoms with Gasteiger partial charge in [0, 0.05) is 11.6 Å². The molecule has 0 amide bonds. The lowest BCUT2D eigenvalue weighted by molar-refractivity contribution is 0.0844. The number of hydrogen-bond acceptors (Lipinski definition) is 7. The highest BCUT2D eigenvalue weighted by atomic mass is 16.5. The predicted octanol–water partition coefficient (Wildman–Crippen LogP) is 4.72. The van der Waals surface area contributed by atoms with Gasteiger partial charge in [-0.2, -0.15) is 0 Å². The molecule has 2 aromatic carbocycles. The van der Waals surface area contributed by atoms with Crippen LogP contribution in [0.15, 0.2) is 48.1 Å². The fourth-order valence-electron chi connectivity index (χ4n) is 3.77. The summed E-state index contributed by atoms with van der Waals surface area (Å²) in [6, 6.07) is 6.03. The number of benzene rings is 2. The Morgan fingerprint density at radius 3 is 2.64 bits per heavy atom. The number of hydrogen-bond donors (Lipinski definition) is 4. The number of Topliss-reactive ketones (excluding diaryl/α,β-unsaturated/α-hetero) is 1. The summed E-state index contributed by atoms with van der Waals surface area (Å²) in [4.78, 5) is 12.9. The number of allylic oxidation sites excluding steroid dienone is 2. The molecule has 176 valence electrons. The van der Waals surface area contributed by atoms with Gasteiger partial charge in [0.1, 0.15) is 28.9 Å². The average molecular weight is 455 g/mol. The molecule has 33 heavy (non-hydrogen) atoms. The first-order chi connectivity index (χ1) is 15.6. The lowest BCUT2D eigenvalue weighted by Crippen LogP contribution is -2.21. The molecule has 1 aliphatic rings. The third kappa shape index (κ3) is 5.31. The van der Waals surface area contributed by atoms with Gasteiger partial charge in [-0.15, -0.1) is 0 Å². The molecular formula is C26H30O7. The summed E-state index contributed by atoms with van der Waals surface area (Å²) in [7, 11) is 1.43. The van der Waals surface area contributed by atoms with Crippen molar-refractivity contribution in [1.82, 2.24) is 0 Å². The van der Waals surface area contributed by atoms with E-state index < -0.39 is 12.2 Å². The van der Waals surface area contributed by atoms with Crippen LogP contribution in [0.2, 0.25) is 0 Å². The number of ether oxygens (including phenoxy) is 2. The van der Waals surface area contributed by atoms with E-state index in [1.807, 2.05) is 13.0 Å². The highest BCUT2D eigenvalue weighted by molar-refractivity contribution is 6.03. The zero-order valence-corrected chi connectivity index (χ0v) is 19.1. The first kappa shape index (κ1) is 24.2. The van der Waals surface area contributed by atoms with Crippen molar-refractivity contribution in [1.29, 1.82) is 0 Å². The van der Waals surface area contributed by atoms with Crippen LogP contribution in [0.3, 0.4) is 0 Å². The molecule has 0 radical (unpaired) electrons. The maximum Gasteiger partial charge on any atom is 0.174 e. The average Bonchev–Trinajstić information content (AvgIpc) is 2.76. The number of fused-ring (bicyclic) bond motifs is 1. The van der Waals surface area contributed by atoms with Crippen LogP contribution in [0.25, 0.3) is 0 Å². The van der Waals surface area contributed by atoms with Gasteiger partial charge < -0.3 is 29.9 Å². The van der Waals surface area contributed by atoms with Gasteiger partial charge in [0.05, 0.1) is 19.6 Å². The number of aliphatic hydroxyl groups excluding tert-OH is 1. The molecule has 0 aromatic heterocycles. The lowest BCUT2D eigenvalue weighted by atomic mass is 9.92. The molecule has 0 unspecified atom stereocenters. The van der Waals surface area contributed by atoms with Crippen LogP contribution >= 0.6 is 0 Å². The van der Waals surface area contributed by atoms with Gasteiger partial charge >= 0.3 is 0 Å². The molecule has 0 spiro atoms. The molecule has 1 heterocycles. The Balaban J connectivity index is 1.82.